The average molecular weight is 324 g/mol. The number of halogens is 2. The minimum atomic E-state index is -2.56. The van der Waals surface area contributed by atoms with Gasteiger partial charge in [0.15, 0.2) is 0 Å². The number of hydroxylamine groups is 1. The van der Waals surface area contributed by atoms with Gasteiger partial charge in [0, 0.05) is 19.0 Å². The molecule has 1 aliphatic heterocycles. The number of nitrogens with zero attached hydrogens (tertiary/aromatic N) is 3. The Hall–Kier alpha value is -2.38. The van der Waals surface area contributed by atoms with Gasteiger partial charge in [-0.2, -0.15) is 14.8 Å². The number of carbonyl (C=O) groups excluding carboxylic acids is 1. The molecule has 2 heterocycles. The zero-order valence-corrected chi connectivity index (χ0v) is 12.5. The number of nitrogens with two attached hydrogens (primary N) is 1. The zero-order valence-electron chi connectivity index (χ0n) is 12.5. The van der Waals surface area contributed by atoms with Crippen molar-refractivity contribution in [2.45, 2.75) is 38.0 Å². The number of amides is 1. The van der Waals surface area contributed by atoms with E-state index in [1.54, 1.807) is 18.4 Å². The number of primary amides is 1. The van der Waals surface area contributed by atoms with E-state index in [0.29, 0.717) is 30.6 Å². The lowest BCUT2D eigenvalue weighted by Crippen LogP contribution is -2.26. The van der Waals surface area contributed by atoms with E-state index in [2.05, 4.69) is 5.10 Å². The molecule has 1 aromatic rings. The van der Waals surface area contributed by atoms with Crippen LogP contribution in [0.25, 0.3) is 0 Å². The molecule has 23 heavy (non-hydrogen) atoms. The monoisotopic (exact) mass is 324 g/mol. The molecule has 0 bridgehead atoms. The van der Waals surface area contributed by atoms with E-state index in [-0.39, 0.29) is 18.8 Å². The molecule has 8 heteroatoms. The maximum absolute atomic E-state index is 13.3. The summed E-state index contributed by atoms with van der Waals surface area (Å²) < 4.78 is 27.6. The van der Waals surface area contributed by atoms with Crippen LogP contribution < -0.4 is 10.8 Å². The molecule has 0 atom stereocenters. The van der Waals surface area contributed by atoms with Crippen molar-refractivity contribution in [1.82, 2.24) is 9.78 Å². The highest BCUT2D eigenvalue weighted by Gasteiger charge is 2.35. The van der Waals surface area contributed by atoms with Crippen molar-refractivity contribution in [3.63, 3.8) is 0 Å². The quantitative estimate of drug-likeness (QED) is 0.928. The third-order valence-corrected chi connectivity index (χ3v) is 4.14. The molecule has 1 amide bonds. The van der Waals surface area contributed by atoms with Crippen LogP contribution in [-0.2, 0) is 11.3 Å². The van der Waals surface area contributed by atoms with Gasteiger partial charge in [-0.15, -0.1) is 0 Å². The van der Waals surface area contributed by atoms with Crippen molar-refractivity contribution in [3.05, 3.63) is 36.5 Å². The molecule has 0 saturated heterocycles. The maximum Gasteiger partial charge on any atom is 0.339 e. The largest absolute Gasteiger partial charge is 0.383 e. The van der Waals surface area contributed by atoms with Crippen molar-refractivity contribution in [3.8, 4) is 0 Å². The standard InChI is InChI=1S/C15H18F2N4O2/c16-15(17)5-3-11(4-6-15)9-12-13(10-20(19-12)14(18)22)21-7-1-2-8-23-21/h1-2,7-8,10-11H,3-6,9H2,(H2,18,22). The van der Waals surface area contributed by atoms with Crippen molar-refractivity contribution in [2.24, 2.45) is 11.7 Å². The van der Waals surface area contributed by atoms with Crippen LogP contribution in [0.1, 0.15) is 31.4 Å². The second kappa shape index (κ2) is 6.02. The van der Waals surface area contributed by atoms with Gasteiger partial charge in [-0.05, 0) is 37.3 Å². The van der Waals surface area contributed by atoms with Crippen molar-refractivity contribution < 1.29 is 18.4 Å². The number of hydrogen-bond acceptors (Lipinski definition) is 4. The highest BCUT2D eigenvalue weighted by molar-refractivity contribution is 5.75. The molecule has 0 radical (unpaired) electrons. The summed E-state index contributed by atoms with van der Waals surface area (Å²) in [6.45, 7) is 0. The van der Waals surface area contributed by atoms with Gasteiger partial charge in [0.05, 0.1) is 11.9 Å². The van der Waals surface area contributed by atoms with E-state index in [4.69, 9.17) is 10.6 Å². The van der Waals surface area contributed by atoms with E-state index in [1.807, 2.05) is 0 Å². The normalized spacial score (nSPS) is 20.5. The Labute approximate surface area is 132 Å². The predicted molar refractivity (Wildman–Crippen MR) is 79.7 cm³/mol. The molecule has 0 aromatic carbocycles. The van der Waals surface area contributed by atoms with Crippen LogP contribution >= 0.6 is 0 Å². The molecular formula is C15H18F2N4O2. The molecule has 124 valence electrons. The highest BCUT2D eigenvalue weighted by Crippen LogP contribution is 2.38. The molecule has 1 aromatic heterocycles. The summed E-state index contributed by atoms with van der Waals surface area (Å²) in [5.41, 5.74) is 6.46. The minimum Gasteiger partial charge on any atom is -0.383 e. The van der Waals surface area contributed by atoms with Gasteiger partial charge in [0.1, 0.15) is 11.9 Å². The van der Waals surface area contributed by atoms with Crippen LogP contribution in [0.2, 0.25) is 0 Å². The highest BCUT2D eigenvalue weighted by atomic mass is 19.3. The van der Waals surface area contributed by atoms with Crippen LogP contribution in [0.3, 0.4) is 0 Å². The summed E-state index contributed by atoms with van der Waals surface area (Å²) in [6.07, 6.45) is 9.32. The van der Waals surface area contributed by atoms with E-state index in [0.717, 1.165) is 4.68 Å². The number of alkyl halides is 2. The lowest BCUT2D eigenvalue weighted by molar-refractivity contribution is -0.0457. The number of hydrogen-bond donors (Lipinski definition) is 1. The van der Waals surface area contributed by atoms with Crippen LogP contribution in [0.5, 0.6) is 0 Å². The Morgan fingerprint density at radius 3 is 2.74 bits per heavy atom. The molecule has 1 fully saturated rings. The first-order valence-electron chi connectivity index (χ1n) is 7.50. The minimum absolute atomic E-state index is 0.105. The van der Waals surface area contributed by atoms with Gasteiger partial charge < -0.3 is 10.6 Å². The van der Waals surface area contributed by atoms with Gasteiger partial charge in [0.25, 0.3) is 0 Å². The second-order valence-electron chi connectivity index (χ2n) is 5.85. The van der Waals surface area contributed by atoms with Crippen LogP contribution in [0, 0.1) is 5.92 Å². The Morgan fingerprint density at radius 1 is 1.39 bits per heavy atom. The number of aromatic nitrogens is 2. The SMILES string of the molecule is NC(=O)n1cc(N2C=CC=CO2)c(CC2CCC(F)(F)CC2)n1. The average Bonchev–Trinajstić information content (AvgIpc) is 2.94. The van der Waals surface area contributed by atoms with E-state index in [9.17, 15) is 13.6 Å². The van der Waals surface area contributed by atoms with Crippen molar-refractivity contribution in [1.29, 1.82) is 0 Å². The molecule has 0 spiro atoms. The molecule has 0 unspecified atom stereocenters. The van der Waals surface area contributed by atoms with Gasteiger partial charge in [-0.1, -0.05) is 0 Å². The zero-order chi connectivity index (χ0) is 16.4. The fraction of sp³-hybridized carbons (Fsp3) is 0.467. The third kappa shape index (κ3) is 3.52. The molecule has 2 N–H and O–H groups in total. The molecule has 1 saturated carbocycles. The Balaban J connectivity index is 1.79. The summed E-state index contributed by atoms with van der Waals surface area (Å²) in [7, 11) is 0. The molecule has 2 aliphatic rings. The topological polar surface area (TPSA) is 73.4 Å². The van der Waals surface area contributed by atoms with Crippen LogP contribution in [-0.4, -0.2) is 21.7 Å². The lowest BCUT2D eigenvalue weighted by atomic mass is 9.84. The molecule has 3 rings (SSSR count). The van der Waals surface area contributed by atoms with E-state index in [1.165, 1.54) is 17.5 Å². The van der Waals surface area contributed by atoms with Gasteiger partial charge in [-0.25, -0.2) is 13.6 Å². The lowest BCUT2D eigenvalue weighted by Gasteiger charge is -2.28. The van der Waals surface area contributed by atoms with E-state index < -0.39 is 12.0 Å². The summed E-state index contributed by atoms with van der Waals surface area (Å²) in [5.74, 6) is -2.45. The van der Waals surface area contributed by atoms with E-state index >= 15 is 0 Å². The Bertz CT molecular complexity index is 644. The summed E-state index contributed by atoms with van der Waals surface area (Å²) in [4.78, 5) is 16.7. The number of allylic oxidation sites excluding steroid dienone is 2. The molecule has 6 nitrogen and oxygen atoms in total. The van der Waals surface area contributed by atoms with Crippen LogP contribution in [0.15, 0.2) is 30.8 Å². The molecular weight excluding hydrogens is 306 g/mol. The maximum atomic E-state index is 13.3. The third-order valence-electron chi connectivity index (χ3n) is 4.14. The Kier molecular flexibility index (Phi) is 4.06. The smallest absolute Gasteiger partial charge is 0.339 e. The summed E-state index contributed by atoms with van der Waals surface area (Å²) in [6, 6.07) is -0.704. The first-order valence-corrected chi connectivity index (χ1v) is 7.50. The van der Waals surface area contributed by atoms with Gasteiger partial charge in [-0.3, -0.25) is 0 Å². The second-order valence-corrected chi connectivity index (χ2v) is 5.85. The first-order chi connectivity index (χ1) is 10.9. The van der Waals surface area contributed by atoms with Crippen molar-refractivity contribution >= 4 is 11.7 Å². The summed E-state index contributed by atoms with van der Waals surface area (Å²) in [5, 5.41) is 5.66. The van der Waals surface area contributed by atoms with Crippen molar-refractivity contribution in [2.75, 3.05) is 5.06 Å². The Morgan fingerprint density at radius 2 is 2.13 bits per heavy atom. The first kappa shape index (κ1) is 15.5. The predicted octanol–water partition coefficient (Wildman–Crippen LogP) is 2.96. The van der Waals surface area contributed by atoms with Crippen LogP contribution in [0.4, 0.5) is 19.3 Å². The van der Waals surface area contributed by atoms with Gasteiger partial charge in [0.2, 0.25) is 5.92 Å². The number of carbonyl (C=O) groups is 1. The fourth-order valence-electron chi connectivity index (χ4n) is 2.87. The fourth-order valence-corrected chi connectivity index (χ4v) is 2.87. The summed E-state index contributed by atoms with van der Waals surface area (Å²) >= 11 is 0. The number of rotatable bonds is 3. The van der Waals surface area contributed by atoms with Gasteiger partial charge >= 0.3 is 6.03 Å². The number of anilines is 1. The molecule has 1 aliphatic carbocycles.